The summed E-state index contributed by atoms with van der Waals surface area (Å²) in [5.41, 5.74) is 2.02. The largest absolute Gasteiger partial charge is 0.322 e. The summed E-state index contributed by atoms with van der Waals surface area (Å²) in [6, 6.07) is 23.4. The van der Waals surface area contributed by atoms with Crippen LogP contribution in [0.5, 0.6) is 0 Å². The van der Waals surface area contributed by atoms with E-state index in [-0.39, 0.29) is 11.7 Å². The van der Waals surface area contributed by atoms with Gasteiger partial charge in [0.1, 0.15) is 0 Å². The summed E-state index contributed by atoms with van der Waals surface area (Å²) in [6.07, 6.45) is 2.00. The number of amides is 1. The van der Waals surface area contributed by atoms with Gasteiger partial charge in [0.25, 0.3) is 5.91 Å². The molecule has 3 nitrogen and oxygen atoms in total. The van der Waals surface area contributed by atoms with Crippen LogP contribution in [0.1, 0.15) is 26.3 Å². The van der Waals surface area contributed by atoms with Crippen LogP contribution in [-0.4, -0.2) is 17.9 Å². The summed E-state index contributed by atoms with van der Waals surface area (Å²) in [4.78, 5) is 26.5. The molecule has 3 rings (SSSR count). The van der Waals surface area contributed by atoms with E-state index in [1.165, 1.54) is 0 Å². The third kappa shape index (κ3) is 3.98. The number of thioether (sulfide) groups is 1. The van der Waals surface area contributed by atoms with Crippen molar-refractivity contribution in [1.29, 1.82) is 0 Å². The van der Waals surface area contributed by atoms with E-state index in [1.54, 1.807) is 48.2 Å². The molecular weight excluding hydrogens is 330 g/mol. The molecule has 0 radical (unpaired) electrons. The Morgan fingerprint density at radius 1 is 0.760 bits per heavy atom. The normalized spacial score (nSPS) is 10.3. The van der Waals surface area contributed by atoms with Crippen molar-refractivity contribution in [2.45, 2.75) is 4.90 Å². The second-order valence-corrected chi connectivity index (χ2v) is 6.30. The highest BCUT2D eigenvalue weighted by Crippen LogP contribution is 2.20. The number of anilines is 1. The van der Waals surface area contributed by atoms with Crippen LogP contribution in [0, 0.1) is 0 Å². The molecule has 1 amide bonds. The SMILES string of the molecule is CSc1ccc(NC(=O)c2ccccc2C(=O)c2ccccc2)cc1. The molecule has 0 saturated heterocycles. The molecule has 3 aromatic carbocycles. The van der Waals surface area contributed by atoms with E-state index in [2.05, 4.69) is 5.32 Å². The first-order valence-corrected chi connectivity index (χ1v) is 9.05. The van der Waals surface area contributed by atoms with Gasteiger partial charge in [-0.1, -0.05) is 48.5 Å². The molecule has 0 unspecified atom stereocenters. The number of carbonyl (C=O) groups is 2. The minimum Gasteiger partial charge on any atom is -0.322 e. The van der Waals surface area contributed by atoms with Crippen LogP contribution < -0.4 is 5.32 Å². The molecule has 4 heteroatoms. The molecule has 3 aromatic rings. The molecule has 0 aliphatic rings. The lowest BCUT2D eigenvalue weighted by Gasteiger charge is -2.10. The fraction of sp³-hybridized carbons (Fsp3) is 0.0476. The summed E-state index contributed by atoms with van der Waals surface area (Å²) in [7, 11) is 0. The summed E-state index contributed by atoms with van der Waals surface area (Å²) < 4.78 is 0. The highest BCUT2D eigenvalue weighted by atomic mass is 32.2. The molecule has 0 aliphatic heterocycles. The predicted octanol–water partition coefficient (Wildman–Crippen LogP) is 4.89. The van der Waals surface area contributed by atoms with Crippen LogP contribution in [0.2, 0.25) is 0 Å². The Hall–Kier alpha value is -2.85. The van der Waals surface area contributed by atoms with Crippen molar-refractivity contribution in [2.75, 3.05) is 11.6 Å². The smallest absolute Gasteiger partial charge is 0.256 e. The van der Waals surface area contributed by atoms with Crippen molar-refractivity contribution in [3.05, 3.63) is 95.6 Å². The molecule has 124 valence electrons. The van der Waals surface area contributed by atoms with Gasteiger partial charge in [0.15, 0.2) is 5.78 Å². The van der Waals surface area contributed by atoms with Gasteiger partial charge in [0, 0.05) is 21.7 Å². The van der Waals surface area contributed by atoms with Crippen molar-refractivity contribution >= 4 is 29.1 Å². The van der Waals surface area contributed by atoms with Gasteiger partial charge >= 0.3 is 0 Å². The van der Waals surface area contributed by atoms with Crippen molar-refractivity contribution in [1.82, 2.24) is 0 Å². The Morgan fingerprint density at radius 3 is 2.00 bits per heavy atom. The quantitative estimate of drug-likeness (QED) is 0.528. The lowest BCUT2D eigenvalue weighted by atomic mass is 9.98. The van der Waals surface area contributed by atoms with Gasteiger partial charge in [-0.2, -0.15) is 0 Å². The highest BCUT2D eigenvalue weighted by Gasteiger charge is 2.17. The fourth-order valence-corrected chi connectivity index (χ4v) is 2.91. The lowest BCUT2D eigenvalue weighted by Crippen LogP contribution is -2.16. The number of ketones is 1. The number of benzene rings is 3. The van der Waals surface area contributed by atoms with Crippen LogP contribution in [-0.2, 0) is 0 Å². The summed E-state index contributed by atoms with van der Waals surface area (Å²) in [5.74, 6) is -0.458. The molecule has 0 atom stereocenters. The van der Waals surface area contributed by atoms with E-state index in [0.717, 1.165) is 4.90 Å². The second kappa shape index (κ2) is 7.81. The maximum Gasteiger partial charge on any atom is 0.256 e. The summed E-state index contributed by atoms with van der Waals surface area (Å²) in [6.45, 7) is 0. The van der Waals surface area contributed by atoms with Gasteiger partial charge in [0.05, 0.1) is 5.56 Å². The zero-order valence-corrected chi connectivity index (χ0v) is 14.5. The topological polar surface area (TPSA) is 46.2 Å². The van der Waals surface area contributed by atoms with E-state index in [0.29, 0.717) is 22.4 Å². The van der Waals surface area contributed by atoms with Gasteiger partial charge in [0.2, 0.25) is 0 Å². The van der Waals surface area contributed by atoms with E-state index in [4.69, 9.17) is 0 Å². The molecule has 25 heavy (non-hydrogen) atoms. The lowest BCUT2D eigenvalue weighted by molar-refractivity contribution is 0.0996. The Bertz CT molecular complexity index is 889. The van der Waals surface area contributed by atoms with Crippen LogP contribution in [0.25, 0.3) is 0 Å². The van der Waals surface area contributed by atoms with Gasteiger partial charge < -0.3 is 5.32 Å². The maximum absolute atomic E-state index is 12.7. The number of hydrogen-bond donors (Lipinski definition) is 1. The van der Waals surface area contributed by atoms with Gasteiger partial charge in [-0.25, -0.2) is 0 Å². The van der Waals surface area contributed by atoms with Crippen LogP contribution >= 0.6 is 11.8 Å². The number of hydrogen-bond acceptors (Lipinski definition) is 3. The number of nitrogens with one attached hydrogen (secondary N) is 1. The molecule has 0 heterocycles. The van der Waals surface area contributed by atoms with E-state index in [1.807, 2.05) is 48.7 Å². The minimum atomic E-state index is -0.295. The number of carbonyl (C=O) groups excluding carboxylic acids is 2. The average molecular weight is 347 g/mol. The van der Waals surface area contributed by atoms with Gasteiger partial charge in [-0.3, -0.25) is 9.59 Å². The van der Waals surface area contributed by atoms with Crippen molar-refractivity contribution in [3.63, 3.8) is 0 Å². The predicted molar refractivity (Wildman–Crippen MR) is 102 cm³/mol. The van der Waals surface area contributed by atoms with Crippen LogP contribution in [0.4, 0.5) is 5.69 Å². The first-order chi connectivity index (χ1) is 12.2. The molecule has 0 fully saturated rings. The monoisotopic (exact) mass is 347 g/mol. The third-order valence-electron chi connectivity index (χ3n) is 3.80. The number of rotatable bonds is 5. The highest BCUT2D eigenvalue weighted by molar-refractivity contribution is 7.98. The van der Waals surface area contributed by atoms with E-state index < -0.39 is 0 Å². The zero-order valence-electron chi connectivity index (χ0n) is 13.7. The van der Waals surface area contributed by atoms with E-state index in [9.17, 15) is 9.59 Å². The Balaban J connectivity index is 1.87. The fourth-order valence-electron chi connectivity index (χ4n) is 2.50. The van der Waals surface area contributed by atoms with Crippen LogP contribution in [0.15, 0.2) is 83.8 Å². The zero-order chi connectivity index (χ0) is 17.6. The molecule has 0 spiro atoms. The Morgan fingerprint density at radius 2 is 1.36 bits per heavy atom. The molecule has 0 aliphatic carbocycles. The van der Waals surface area contributed by atoms with Crippen molar-refractivity contribution in [2.24, 2.45) is 0 Å². The minimum absolute atomic E-state index is 0.163. The maximum atomic E-state index is 12.7. The Labute approximate surface area is 151 Å². The molecular formula is C21H17NO2S. The average Bonchev–Trinajstić information content (AvgIpc) is 2.68. The van der Waals surface area contributed by atoms with Gasteiger partial charge in [-0.15, -0.1) is 11.8 Å². The summed E-state index contributed by atoms with van der Waals surface area (Å²) in [5, 5.41) is 2.86. The first kappa shape index (κ1) is 17.0. The molecule has 0 saturated carbocycles. The van der Waals surface area contributed by atoms with Crippen molar-refractivity contribution in [3.8, 4) is 0 Å². The second-order valence-electron chi connectivity index (χ2n) is 5.42. The van der Waals surface area contributed by atoms with Crippen LogP contribution in [0.3, 0.4) is 0 Å². The molecule has 1 N–H and O–H groups in total. The van der Waals surface area contributed by atoms with E-state index >= 15 is 0 Å². The standard InChI is InChI=1S/C21H17NO2S/c1-25-17-13-11-16(12-14-17)22-21(24)19-10-6-5-9-18(19)20(23)15-7-3-2-4-8-15/h2-14H,1H3,(H,22,24). The molecule has 0 aromatic heterocycles. The van der Waals surface area contributed by atoms with Crippen molar-refractivity contribution < 1.29 is 9.59 Å². The Kier molecular flexibility index (Phi) is 5.31. The van der Waals surface area contributed by atoms with Gasteiger partial charge in [-0.05, 0) is 36.6 Å². The summed E-state index contributed by atoms with van der Waals surface area (Å²) >= 11 is 1.64. The molecule has 0 bridgehead atoms. The third-order valence-corrected chi connectivity index (χ3v) is 4.54. The first-order valence-electron chi connectivity index (χ1n) is 7.83.